The molecule has 0 bridgehead atoms. The largest absolute Gasteiger partial charge is 0.478 e. The summed E-state index contributed by atoms with van der Waals surface area (Å²) in [6.45, 7) is -0.191. The predicted molar refractivity (Wildman–Crippen MR) is 63.4 cm³/mol. The van der Waals surface area contributed by atoms with E-state index in [0.29, 0.717) is 0 Å². The van der Waals surface area contributed by atoms with Crippen LogP contribution in [0.1, 0.15) is 0 Å². The van der Waals surface area contributed by atoms with E-state index in [2.05, 4.69) is 4.72 Å². The quantitative estimate of drug-likeness (QED) is 0.804. The molecular weight excluding hydrogens is 285 g/mol. The first-order valence-electron chi connectivity index (χ1n) is 4.67. The molecule has 18 heavy (non-hydrogen) atoms. The summed E-state index contributed by atoms with van der Waals surface area (Å²) in [5, 5.41) is 8.00. The average molecular weight is 294 g/mol. The molecule has 0 fully saturated rings. The van der Waals surface area contributed by atoms with Gasteiger partial charge in [0.25, 0.3) is 0 Å². The predicted octanol–water partition coefficient (Wildman–Crippen LogP) is 1.40. The number of aliphatic carboxylic acids is 1. The lowest BCUT2D eigenvalue weighted by Crippen LogP contribution is -2.23. The lowest BCUT2D eigenvalue weighted by Gasteiger charge is -2.05. The maximum atomic E-state index is 12.9. The number of rotatable bonds is 5. The van der Waals surface area contributed by atoms with Gasteiger partial charge in [-0.1, -0.05) is 17.7 Å². The van der Waals surface area contributed by atoms with Crippen LogP contribution in [-0.2, 0) is 14.8 Å². The number of benzene rings is 1. The van der Waals surface area contributed by atoms with Gasteiger partial charge in [0, 0.05) is 12.6 Å². The third kappa shape index (κ3) is 4.10. The second-order valence-electron chi connectivity index (χ2n) is 3.17. The highest BCUT2D eigenvalue weighted by atomic mass is 35.5. The molecule has 1 aromatic rings. The van der Waals surface area contributed by atoms with E-state index < -0.39 is 21.8 Å². The fraction of sp³-hybridized carbons (Fsp3) is 0.100. The molecule has 1 aromatic carbocycles. The third-order valence-corrected chi connectivity index (χ3v) is 3.56. The van der Waals surface area contributed by atoms with Gasteiger partial charge >= 0.3 is 5.97 Å². The number of nitrogens with one attached hydrogen (secondary N) is 1. The van der Waals surface area contributed by atoms with Crippen molar-refractivity contribution in [3.8, 4) is 0 Å². The number of carboxylic acid groups (broad SMARTS) is 1. The van der Waals surface area contributed by atoms with Crippen molar-refractivity contribution in [2.24, 2.45) is 0 Å². The average Bonchev–Trinajstić information content (AvgIpc) is 2.28. The minimum Gasteiger partial charge on any atom is -0.478 e. The van der Waals surface area contributed by atoms with Gasteiger partial charge in [0.05, 0.1) is 9.92 Å². The van der Waals surface area contributed by atoms with E-state index in [1.807, 2.05) is 0 Å². The number of halogens is 2. The fourth-order valence-corrected chi connectivity index (χ4v) is 2.29. The number of carbonyl (C=O) groups is 1. The van der Waals surface area contributed by atoms with Gasteiger partial charge in [-0.25, -0.2) is 22.3 Å². The Morgan fingerprint density at radius 3 is 2.72 bits per heavy atom. The molecule has 0 radical (unpaired) electrons. The molecule has 0 spiro atoms. The van der Waals surface area contributed by atoms with Crippen LogP contribution in [0.5, 0.6) is 0 Å². The molecule has 0 aliphatic rings. The number of hydrogen-bond acceptors (Lipinski definition) is 3. The van der Waals surface area contributed by atoms with Crippen molar-refractivity contribution in [2.45, 2.75) is 4.90 Å². The summed E-state index contributed by atoms with van der Waals surface area (Å²) in [7, 11) is -3.84. The normalized spacial score (nSPS) is 11.9. The summed E-state index contributed by atoms with van der Waals surface area (Å²) in [4.78, 5) is 9.96. The zero-order valence-corrected chi connectivity index (χ0v) is 10.5. The van der Waals surface area contributed by atoms with E-state index in [1.54, 1.807) is 0 Å². The van der Waals surface area contributed by atoms with Gasteiger partial charge in [-0.15, -0.1) is 0 Å². The second kappa shape index (κ2) is 5.94. The van der Waals surface area contributed by atoms with Gasteiger partial charge in [0.15, 0.2) is 0 Å². The Bertz CT molecular complexity index is 586. The van der Waals surface area contributed by atoms with E-state index in [9.17, 15) is 17.6 Å². The smallest absolute Gasteiger partial charge is 0.328 e. The van der Waals surface area contributed by atoms with Crippen LogP contribution in [0, 0.1) is 5.82 Å². The first kappa shape index (κ1) is 14.6. The van der Waals surface area contributed by atoms with Crippen molar-refractivity contribution in [2.75, 3.05) is 6.54 Å². The molecular formula is C10H9ClFNO4S. The fourth-order valence-electron chi connectivity index (χ4n) is 1.04. The lowest BCUT2D eigenvalue weighted by atomic mass is 10.3. The molecule has 5 nitrogen and oxygen atoms in total. The van der Waals surface area contributed by atoms with Crippen LogP contribution in [0.3, 0.4) is 0 Å². The van der Waals surface area contributed by atoms with Crippen molar-refractivity contribution in [3.63, 3.8) is 0 Å². The summed E-state index contributed by atoms with van der Waals surface area (Å²) in [5.74, 6) is -1.90. The highest BCUT2D eigenvalue weighted by Crippen LogP contribution is 2.19. The number of hydrogen-bond donors (Lipinski definition) is 2. The minimum absolute atomic E-state index is 0.191. The van der Waals surface area contributed by atoms with Crippen molar-refractivity contribution in [3.05, 3.63) is 41.2 Å². The highest BCUT2D eigenvalue weighted by Gasteiger charge is 2.14. The van der Waals surface area contributed by atoms with Gasteiger partial charge in [-0.2, -0.15) is 0 Å². The summed E-state index contributed by atoms with van der Waals surface area (Å²) < 4.78 is 38.3. The second-order valence-corrected chi connectivity index (χ2v) is 5.34. The Balaban J connectivity index is 2.80. The first-order valence-corrected chi connectivity index (χ1v) is 6.53. The van der Waals surface area contributed by atoms with Crippen molar-refractivity contribution in [1.29, 1.82) is 0 Å². The zero-order chi connectivity index (χ0) is 13.8. The van der Waals surface area contributed by atoms with Crippen LogP contribution >= 0.6 is 11.6 Å². The first-order chi connectivity index (χ1) is 8.33. The zero-order valence-electron chi connectivity index (χ0n) is 8.93. The molecule has 0 saturated heterocycles. The molecule has 0 atom stereocenters. The van der Waals surface area contributed by atoms with Crippen LogP contribution in [0.15, 0.2) is 35.2 Å². The van der Waals surface area contributed by atoms with Crippen LogP contribution in [0.25, 0.3) is 0 Å². The summed E-state index contributed by atoms with van der Waals surface area (Å²) in [5.41, 5.74) is 0. The molecule has 8 heteroatoms. The molecule has 0 unspecified atom stereocenters. The highest BCUT2D eigenvalue weighted by molar-refractivity contribution is 7.89. The Morgan fingerprint density at radius 2 is 2.17 bits per heavy atom. The monoisotopic (exact) mass is 293 g/mol. The van der Waals surface area contributed by atoms with Gasteiger partial charge in [-0.05, 0) is 18.2 Å². The van der Waals surface area contributed by atoms with Gasteiger partial charge in [-0.3, -0.25) is 0 Å². The molecule has 2 N–H and O–H groups in total. The summed E-state index contributed by atoms with van der Waals surface area (Å²) in [6, 6.07) is 2.97. The summed E-state index contributed by atoms with van der Waals surface area (Å²) in [6.07, 6.45) is 1.94. The van der Waals surface area contributed by atoms with Gasteiger partial charge in [0.1, 0.15) is 5.82 Å². The Hall–Kier alpha value is -1.44. The Morgan fingerprint density at radius 1 is 1.50 bits per heavy atom. The van der Waals surface area contributed by atoms with Gasteiger partial charge < -0.3 is 5.11 Å². The molecule has 0 saturated carbocycles. The SMILES string of the molecule is O=C(O)/C=C/CNS(=O)(=O)c1ccc(F)c(Cl)c1. The Kier molecular flexibility index (Phi) is 4.83. The van der Waals surface area contributed by atoms with Crippen LogP contribution in [-0.4, -0.2) is 26.0 Å². The van der Waals surface area contributed by atoms with E-state index in [0.717, 1.165) is 30.4 Å². The number of sulfonamides is 1. The third-order valence-electron chi connectivity index (χ3n) is 1.85. The van der Waals surface area contributed by atoms with E-state index in [-0.39, 0.29) is 16.5 Å². The molecule has 1 rings (SSSR count). The van der Waals surface area contributed by atoms with Crippen LogP contribution in [0.4, 0.5) is 4.39 Å². The number of carboxylic acids is 1. The lowest BCUT2D eigenvalue weighted by molar-refractivity contribution is -0.131. The van der Waals surface area contributed by atoms with E-state index in [4.69, 9.17) is 16.7 Å². The van der Waals surface area contributed by atoms with E-state index in [1.165, 1.54) is 0 Å². The minimum atomic E-state index is -3.84. The van der Waals surface area contributed by atoms with Crippen molar-refractivity contribution >= 4 is 27.6 Å². The molecule has 0 aliphatic carbocycles. The molecule has 0 heterocycles. The maximum absolute atomic E-state index is 12.9. The topological polar surface area (TPSA) is 83.5 Å². The van der Waals surface area contributed by atoms with Crippen molar-refractivity contribution in [1.82, 2.24) is 4.72 Å². The van der Waals surface area contributed by atoms with E-state index >= 15 is 0 Å². The standard InChI is InChI=1S/C10H9ClFNO4S/c11-8-6-7(3-4-9(8)12)18(16,17)13-5-1-2-10(14)15/h1-4,6,13H,5H2,(H,14,15)/b2-1+. The van der Waals surface area contributed by atoms with Crippen LogP contribution < -0.4 is 4.72 Å². The van der Waals surface area contributed by atoms with Crippen LogP contribution in [0.2, 0.25) is 5.02 Å². The molecule has 98 valence electrons. The summed E-state index contributed by atoms with van der Waals surface area (Å²) >= 11 is 5.46. The van der Waals surface area contributed by atoms with Crippen molar-refractivity contribution < 1.29 is 22.7 Å². The van der Waals surface area contributed by atoms with Gasteiger partial charge in [0.2, 0.25) is 10.0 Å². The Labute approximate surface area is 108 Å². The maximum Gasteiger partial charge on any atom is 0.328 e. The molecule has 0 amide bonds. The molecule has 0 aromatic heterocycles. The molecule has 0 aliphatic heterocycles.